The van der Waals surface area contributed by atoms with Gasteiger partial charge in [0.25, 0.3) is 0 Å². The fourth-order valence-electron chi connectivity index (χ4n) is 3.96. The zero-order valence-electron chi connectivity index (χ0n) is 18.1. The molecule has 1 aromatic carbocycles. The van der Waals surface area contributed by atoms with E-state index in [0.29, 0.717) is 31.5 Å². The molecular formula is C21H27LiN4O4. The summed E-state index contributed by atoms with van der Waals surface area (Å²) in [6, 6.07) is 7.44. The Morgan fingerprint density at radius 3 is 2.70 bits per heavy atom. The molecule has 1 aliphatic carbocycles. The van der Waals surface area contributed by atoms with Crippen LogP contribution in [-0.4, -0.2) is 44.1 Å². The third-order valence-electron chi connectivity index (χ3n) is 5.00. The van der Waals surface area contributed by atoms with E-state index in [0.717, 1.165) is 23.9 Å². The molecule has 1 spiro atoms. The maximum Gasteiger partial charge on any atom is 1.00 e. The van der Waals surface area contributed by atoms with Gasteiger partial charge in [0, 0.05) is 6.42 Å². The molecule has 2 aromatic rings. The van der Waals surface area contributed by atoms with Crippen molar-refractivity contribution < 1.29 is 38.6 Å². The number of benzene rings is 1. The van der Waals surface area contributed by atoms with Crippen molar-refractivity contribution in [3.63, 3.8) is 0 Å². The number of hydrogen-bond donors (Lipinski definition) is 2. The van der Waals surface area contributed by atoms with Crippen molar-refractivity contribution in [3.05, 3.63) is 30.1 Å². The van der Waals surface area contributed by atoms with Gasteiger partial charge in [0.2, 0.25) is 0 Å². The molecular weight excluding hydrogens is 379 g/mol. The number of fused-ring (bicyclic) bond motifs is 1. The van der Waals surface area contributed by atoms with Crippen LogP contribution in [0.5, 0.6) is 0 Å². The van der Waals surface area contributed by atoms with Crippen LogP contribution in [0.2, 0.25) is 0 Å². The summed E-state index contributed by atoms with van der Waals surface area (Å²) in [5.74, 6) is 0. The first-order chi connectivity index (χ1) is 13.5. The van der Waals surface area contributed by atoms with Crippen LogP contribution >= 0.6 is 0 Å². The Morgan fingerprint density at radius 1 is 1.40 bits per heavy atom. The maximum atomic E-state index is 11.4. The molecule has 2 aliphatic rings. The number of hydrogen-bond acceptors (Lipinski definition) is 6. The van der Waals surface area contributed by atoms with Crippen LogP contribution in [0.15, 0.2) is 24.5 Å². The number of nitrogens with one attached hydrogen (secondary N) is 1. The first-order valence-corrected chi connectivity index (χ1v) is 9.76. The average Bonchev–Trinajstić information content (AvgIpc) is 3.16. The molecule has 2 heterocycles. The molecule has 8 nitrogen and oxygen atoms in total. The van der Waals surface area contributed by atoms with Crippen LogP contribution in [0.4, 0.5) is 4.79 Å². The molecule has 4 rings (SSSR count). The summed E-state index contributed by atoms with van der Waals surface area (Å²) in [6.45, 7) is 5.70. The number of nitrogens with zero attached hydrogens (tertiary/aromatic N) is 3. The van der Waals surface area contributed by atoms with Gasteiger partial charge < -0.3 is 24.8 Å². The summed E-state index contributed by atoms with van der Waals surface area (Å²) in [5.41, 5.74) is -0.162. The van der Waals surface area contributed by atoms with E-state index in [4.69, 9.17) is 10.00 Å². The maximum absolute atomic E-state index is 11.4. The quantitative estimate of drug-likeness (QED) is 0.607. The predicted octanol–water partition coefficient (Wildman–Crippen LogP) is -1.16. The molecule has 0 bridgehead atoms. The van der Waals surface area contributed by atoms with Crippen LogP contribution in [0.3, 0.4) is 0 Å². The molecule has 1 aromatic heterocycles. The van der Waals surface area contributed by atoms with Gasteiger partial charge in [-0.1, -0.05) is 20.8 Å². The van der Waals surface area contributed by atoms with Gasteiger partial charge in [-0.25, -0.2) is 9.78 Å². The van der Waals surface area contributed by atoms with Crippen LogP contribution in [0.25, 0.3) is 11.0 Å². The SMILES string of the molecule is CC(C)(C)[O-].N#Cc1ccc2ncn(C[C@@]3(O)CCC[C@@]4(CNC(=O)O4)C3)c2c1.[Li+]. The molecule has 30 heavy (non-hydrogen) atoms. The van der Waals surface area contributed by atoms with Crippen molar-refractivity contribution in [3.8, 4) is 6.07 Å². The third-order valence-corrected chi connectivity index (χ3v) is 5.00. The van der Waals surface area contributed by atoms with E-state index < -0.39 is 22.9 Å². The molecule has 1 saturated carbocycles. The Balaban J connectivity index is 0.000000482. The van der Waals surface area contributed by atoms with Gasteiger partial charge in [0.05, 0.1) is 47.7 Å². The summed E-state index contributed by atoms with van der Waals surface area (Å²) in [6.07, 6.45) is 3.87. The van der Waals surface area contributed by atoms with E-state index in [-0.39, 0.29) is 18.9 Å². The predicted molar refractivity (Wildman–Crippen MR) is 105 cm³/mol. The third kappa shape index (κ3) is 5.99. The Bertz CT molecular complexity index is 943. The molecule has 0 unspecified atom stereocenters. The van der Waals surface area contributed by atoms with Crippen LogP contribution in [0, 0.1) is 11.3 Å². The van der Waals surface area contributed by atoms with Gasteiger partial charge in [-0.05, 0) is 37.5 Å². The number of alkyl carbamates (subject to hydrolysis) is 1. The van der Waals surface area contributed by atoms with Gasteiger partial charge in [-0.3, -0.25) is 0 Å². The number of aliphatic hydroxyl groups is 1. The molecule has 2 fully saturated rings. The number of aromatic nitrogens is 2. The Morgan fingerprint density at radius 2 is 2.10 bits per heavy atom. The van der Waals surface area contributed by atoms with Crippen molar-refractivity contribution in [1.29, 1.82) is 5.26 Å². The van der Waals surface area contributed by atoms with E-state index in [1.54, 1.807) is 45.3 Å². The zero-order chi connectivity index (χ0) is 21.3. The molecule has 156 valence electrons. The standard InChI is InChI=1S/C17H18N4O3.C4H9O.Li/c18-7-12-2-3-13-14(6-12)21(11-20-13)10-16(23)4-1-5-17(8-16)9-19-15(22)24-17;1-4(2,3)5;/h2-3,6,11,23H,1,4-5,8-10H2,(H,19,22);1-3H3;/q;-1;+1/t16-,17+;;/m1../s1. The van der Waals surface area contributed by atoms with E-state index in [1.165, 1.54) is 0 Å². The Kier molecular flexibility index (Phi) is 7.27. The molecule has 1 saturated heterocycles. The second kappa shape index (κ2) is 8.99. The smallest absolute Gasteiger partial charge is 0.850 e. The number of imidazole rings is 1. The monoisotopic (exact) mass is 406 g/mol. The van der Waals surface area contributed by atoms with Gasteiger partial charge >= 0.3 is 25.0 Å². The number of carbonyl (C=O) groups excluding carboxylic acids is 1. The fraction of sp³-hybridized carbons (Fsp3) is 0.571. The summed E-state index contributed by atoms with van der Waals surface area (Å²) in [4.78, 5) is 15.8. The van der Waals surface area contributed by atoms with Crippen molar-refractivity contribution in [2.45, 2.75) is 69.8 Å². The molecule has 9 heteroatoms. The summed E-state index contributed by atoms with van der Waals surface area (Å²) >= 11 is 0. The van der Waals surface area contributed by atoms with Crippen molar-refractivity contribution in [2.24, 2.45) is 0 Å². The number of carbonyl (C=O) groups is 1. The summed E-state index contributed by atoms with van der Waals surface area (Å²) in [5, 5.41) is 33.0. The molecule has 1 aliphatic heterocycles. The van der Waals surface area contributed by atoms with Crippen LogP contribution < -0.4 is 29.3 Å². The summed E-state index contributed by atoms with van der Waals surface area (Å²) < 4.78 is 7.32. The number of ether oxygens (including phenoxy) is 1. The second-order valence-electron chi connectivity index (χ2n) is 8.98. The topological polar surface area (TPSA) is 123 Å². The van der Waals surface area contributed by atoms with Crippen molar-refractivity contribution in [1.82, 2.24) is 14.9 Å². The minimum absolute atomic E-state index is 0. The average molecular weight is 406 g/mol. The number of nitriles is 1. The normalized spacial score (nSPS) is 25.5. The van der Waals surface area contributed by atoms with Gasteiger partial charge in [-0.2, -0.15) is 5.26 Å². The zero-order valence-corrected chi connectivity index (χ0v) is 18.1. The number of amides is 1. The summed E-state index contributed by atoms with van der Waals surface area (Å²) in [7, 11) is 0. The van der Waals surface area contributed by atoms with Crippen molar-refractivity contribution in [2.75, 3.05) is 6.54 Å². The second-order valence-corrected chi connectivity index (χ2v) is 8.98. The van der Waals surface area contributed by atoms with Gasteiger partial charge in [0.15, 0.2) is 0 Å². The first-order valence-electron chi connectivity index (χ1n) is 9.76. The molecule has 1 amide bonds. The molecule has 2 N–H and O–H groups in total. The van der Waals surface area contributed by atoms with E-state index in [1.807, 2.05) is 4.57 Å². The van der Waals surface area contributed by atoms with E-state index in [9.17, 15) is 15.0 Å². The van der Waals surface area contributed by atoms with E-state index in [2.05, 4.69) is 16.4 Å². The van der Waals surface area contributed by atoms with Crippen LogP contribution in [-0.2, 0) is 11.3 Å². The first kappa shape index (κ1) is 24.2. The Hall–Kier alpha value is -2.03. The number of rotatable bonds is 2. The molecule has 2 atom stereocenters. The van der Waals surface area contributed by atoms with Gasteiger partial charge in [0.1, 0.15) is 5.60 Å². The molecule has 0 radical (unpaired) electrons. The van der Waals surface area contributed by atoms with Crippen LogP contribution in [0.1, 0.15) is 52.0 Å². The fourth-order valence-corrected chi connectivity index (χ4v) is 3.96. The minimum Gasteiger partial charge on any atom is -0.850 e. The Labute approximate surface area is 188 Å². The minimum atomic E-state index is -0.971. The van der Waals surface area contributed by atoms with E-state index >= 15 is 0 Å². The van der Waals surface area contributed by atoms with Gasteiger partial charge in [-0.15, -0.1) is 5.60 Å². The van der Waals surface area contributed by atoms with Crippen molar-refractivity contribution >= 4 is 17.1 Å². The largest absolute Gasteiger partial charge is 1.00 e.